The minimum Gasteiger partial charge on any atom is -0.493 e. The number of benzene rings is 8. The van der Waals surface area contributed by atoms with Gasteiger partial charge in [-0.1, -0.05) is 307 Å². The lowest BCUT2D eigenvalue weighted by molar-refractivity contribution is 0.103. The average molecular weight is 1990 g/mol. The SMILES string of the molecule is [C-]#[N+]C(C#N)=C1/C(=C/c2cc3sc4c(c3s2)C(c2ccc(OCC(CCCC)CCCCCC)cc2)(c2ccc(OCC(CCCC)CCCCCC)cc2)c2c-4sc3c4c(sc23)-c2sc3cc(/C=C5\C(=O)c6cc7ccccc7cc6\C5=C(\C#N)[N+]#[C-])sc3c2C4(c2ccc(OCC(CCCC)CCCCCC)cc2)c2ccc(OCC(CCCC)CCCCCC)cc2)C(=O)c2cc3ccccc3cc21. The lowest BCUT2D eigenvalue weighted by atomic mass is 9.67. The lowest BCUT2D eigenvalue weighted by Gasteiger charge is -2.34. The maximum Gasteiger partial charge on any atom is 0.270 e. The molecular weight excluding hydrogens is 1860 g/mol. The normalized spacial score (nSPS) is 17.2. The number of allylic oxidation sites excluding steroid dienone is 6. The largest absolute Gasteiger partial charge is 0.493 e. The molecule has 16 heteroatoms. The second-order valence-corrected chi connectivity index (χ2v) is 46.3. The highest BCUT2D eigenvalue weighted by atomic mass is 32.1. The van der Waals surface area contributed by atoms with Crippen molar-refractivity contribution in [1.82, 2.24) is 0 Å². The Morgan fingerprint density at radius 3 is 0.852 bits per heavy atom. The molecule has 4 aliphatic rings. The van der Waals surface area contributed by atoms with Crippen molar-refractivity contribution < 1.29 is 28.5 Å². The van der Waals surface area contributed by atoms with E-state index in [1.165, 1.54) is 154 Å². The van der Waals surface area contributed by atoms with Crippen LogP contribution in [0.4, 0.5) is 0 Å². The van der Waals surface area contributed by atoms with E-state index < -0.39 is 10.8 Å². The highest BCUT2D eigenvalue weighted by Gasteiger charge is 2.57. The summed E-state index contributed by atoms with van der Waals surface area (Å²) in [4.78, 5) is 45.0. The Hall–Kier alpha value is -11.3. The van der Waals surface area contributed by atoms with E-state index in [1.54, 1.807) is 22.7 Å². The molecule has 6 heterocycles. The van der Waals surface area contributed by atoms with Crippen molar-refractivity contribution >= 4 is 153 Å². The Labute approximate surface area is 864 Å². The number of carbonyl (C=O) groups excluding carboxylic acids is 2. The van der Waals surface area contributed by atoms with Crippen LogP contribution < -0.4 is 18.9 Å². The van der Waals surface area contributed by atoms with Gasteiger partial charge in [0.1, 0.15) is 23.0 Å². The number of ether oxygens (including phenoxy) is 4. The third kappa shape index (κ3) is 20.2. The van der Waals surface area contributed by atoms with Gasteiger partial charge >= 0.3 is 0 Å². The summed E-state index contributed by atoms with van der Waals surface area (Å²) >= 11 is 10.8. The average Bonchev–Trinajstić information content (AvgIpc) is 1.48. The van der Waals surface area contributed by atoms with Crippen LogP contribution in [-0.2, 0) is 10.8 Å². The van der Waals surface area contributed by atoms with E-state index in [0.717, 1.165) is 198 Å². The number of rotatable bonds is 50. The smallest absolute Gasteiger partial charge is 0.270 e. The minimum absolute atomic E-state index is 0.115. The molecule has 0 bridgehead atoms. The highest BCUT2D eigenvalue weighted by molar-refractivity contribution is 7.37. The fraction of sp³-hybridized carbons (Fsp3) is 0.397. The number of nitrogens with zero attached hydrogens (tertiary/aromatic N) is 4. The van der Waals surface area contributed by atoms with E-state index in [1.807, 2.05) is 130 Å². The lowest BCUT2D eigenvalue weighted by Crippen LogP contribution is -2.29. The molecule has 0 aliphatic heterocycles. The molecule has 4 atom stereocenters. The number of carbonyl (C=O) groups is 2. The molecular formula is C126H132N4O6S6. The number of Topliss-reactive ketones (excluding diaryl/α,β-unsaturated/α-hetero) is 2. The topological polar surface area (TPSA) is 127 Å². The molecule has 142 heavy (non-hydrogen) atoms. The zero-order valence-corrected chi connectivity index (χ0v) is 88.8. The van der Waals surface area contributed by atoms with Crippen LogP contribution in [-0.4, -0.2) is 38.0 Å². The first-order chi connectivity index (χ1) is 69.7. The standard InChI is InChI=1S/C126H132N4O6S6/c1-11-19-27-31-43-81(39-23-15-5)77-133-93-59-51-89(52-60-93)125(90-53-61-94(62-54-90)134-78-82(40-24-16-6)44-32-28-20-12-2)111-117-107(73-97(137-117)71-103-109(105(75-127)129-9)99-67-85-47-35-37-49-87(85)69-101(99)115(103)131)139-119(111)121-113(125)123-124(141-121)114-122(142-123)120-112(118-108(140-120)74-98(138-118)72-104-110(106(76-128)130-10)100-68-86-48-36-38-50-88(86)70-102(100)116(104)132)126(114,91-55-63-95(64-56-91)135-79-83(41-25-17-7)45-33-29-21-13-3)92-57-65-96(66-58-92)136-80-84(42-26-18-8)46-34-30-22-14-4/h35-38,47-74,81-84H,11-34,39-46,77-80H2,1-8H3/b103-71-,104-72-,109-105+,110-106?. The van der Waals surface area contributed by atoms with Crippen molar-refractivity contribution in [2.45, 2.75) is 272 Å². The molecule has 14 aromatic rings. The number of fused-ring (bicyclic) bond motifs is 17. The van der Waals surface area contributed by atoms with Gasteiger partial charge in [0.25, 0.3) is 11.4 Å². The summed E-state index contributed by atoms with van der Waals surface area (Å²) in [6, 6.07) is 69.5. The first kappa shape index (κ1) is 101. The monoisotopic (exact) mass is 1990 g/mol. The zero-order chi connectivity index (χ0) is 98.4. The number of ketones is 2. The number of hydrogen-bond acceptors (Lipinski definition) is 14. The molecule has 0 saturated heterocycles. The van der Waals surface area contributed by atoms with Gasteiger partial charge in [0, 0.05) is 74.8 Å². The van der Waals surface area contributed by atoms with E-state index in [9.17, 15) is 10.5 Å². The molecule has 4 aliphatic carbocycles. The summed E-state index contributed by atoms with van der Waals surface area (Å²) in [5.41, 5.74) is 10.6. The van der Waals surface area contributed by atoms with Crippen LogP contribution in [0.25, 0.3) is 102 Å². The number of thiophene rings is 6. The van der Waals surface area contributed by atoms with Crippen molar-refractivity contribution in [2.24, 2.45) is 23.7 Å². The highest BCUT2D eigenvalue weighted by Crippen LogP contribution is 2.73. The number of nitriles is 2. The Balaban J connectivity index is 0.882. The van der Waals surface area contributed by atoms with E-state index in [4.69, 9.17) is 32.1 Å². The molecule has 728 valence electrons. The van der Waals surface area contributed by atoms with Crippen molar-refractivity contribution in [1.29, 1.82) is 10.5 Å². The summed E-state index contributed by atoms with van der Waals surface area (Å²) in [6.45, 7) is 37.8. The third-order valence-corrected chi connectivity index (χ3v) is 37.9. The maximum absolute atomic E-state index is 15.4. The van der Waals surface area contributed by atoms with Crippen LogP contribution in [0, 0.1) is 59.5 Å². The molecule has 18 rings (SSSR count). The summed E-state index contributed by atoms with van der Waals surface area (Å²) in [5, 5.41) is 25.4. The second-order valence-electron chi connectivity index (χ2n) is 40.0. The molecule has 6 aromatic heterocycles. The Kier molecular flexibility index (Phi) is 33.1. The molecule has 8 aromatic carbocycles. The minimum atomic E-state index is -1.01. The van der Waals surface area contributed by atoms with Crippen molar-refractivity contribution in [3.05, 3.63) is 304 Å². The van der Waals surface area contributed by atoms with Crippen molar-refractivity contribution in [2.75, 3.05) is 26.4 Å². The Morgan fingerprint density at radius 1 is 0.324 bits per heavy atom. The Morgan fingerprint density at radius 2 is 0.585 bits per heavy atom. The first-order valence-corrected chi connectivity index (χ1v) is 57.9. The van der Waals surface area contributed by atoms with Crippen LogP contribution in [0.5, 0.6) is 23.0 Å². The second kappa shape index (κ2) is 46.6. The van der Waals surface area contributed by atoms with E-state index in [-0.39, 0.29) is 23.0 Å². The van der Waals surface area contributed by atoms with Gasteiger partial charge in [-0.3, -0.25) is 9.59 Å². The number of unbranched alkanes of at least 4 members (excludes halogenated alkanes) is 16. The van der Waals surface area contributed by atoms with E-state index >= 15 is 9.59 Å². The fourth-order valence-electron chi connectivity index (χ4n) is 22.8. The molecule has 0 amide bonds. The van der Waals surface area contributed by atoms with Crippen LogP contribution >= 0.6 is 68.0 Å². The van der Waals surface area contributed by atoms with Gasteiger partial charge in [-0.2, -0.15) is 0 Å². The van der Waals surface area contributed by atoms with Crippen molar-refractivity contribution in [3.8, 4) is 54.6 Å². The molecule has 10 nitrogen and oxygen atoms in total. The van der Waals surface area contributed by atoms with Gasteiger partial charge in [-0.15, -0.1) is 68.0 Å². The van der Waals surface area contributed by atoms with Gasteiger partial charge in [-0.05, 0) is 227 Å². The van der Waals surface area contributed by atoms with E-state index in [2.05, 4.69) is 186 Å². The van der Waals surface area contributed by atoms with Gasteiger partial charge in [-0.25, -0.2) is 20.2 Å². The summed E-state index contributed by atoms with van der Waals surface area (Å²) in [5.74, 6) is 4.67. The van der Waals surface area contributed by atoms with Crippen LogP contribution in [0.3, 0.4) is 0 Å². The predicted octanol–water partition coefficient (Wildman–Crippen LogP) is 38.0. The Bertz CT molecular complexity index is 6630. The maximum atomic E-state index is 15.4. The van der Waals surface area contributed by atoms with Gasteiger partial charge in [0.2, 0.25) is 0 Å². The van der Waals surface area contributed by atoms with Gasteiger partial charge in [0.15, 0.2) is 11.6 Å². The summed E-state index contributed by atoms with van der Waals surface area (Å²) < 4.78 is 35.2. The van der Waals surface area contributed by atoms with Gasteiger partial charge in [0.05, 0.1) is 101 Å². The molecule has 0 radical (unpaired) electrons. The predicted molar refractivity (Wildman–Crippen MR) is 601 cm³/mol. The van der Waals surface area contributed by atoms with Crippen LogP contribution in [0.15, 0.2) is 205 Å². The van der Waals surface area contributed by atoms with Crippen molar-refractivity contribution in [3.63, 3.8) is 0 Å². The van der Waals surface area contributed by atoms with Crippen LogP contribution in [0.2, 0.25) is 0 Å². The summed E-state index contributed by atoms with van der Waals surface area (Å²) in [6.07, 6.45) is 41.6. The van der Waals surface area contributed by atoms with Gasteiger partial charge < -0.3 is 18.9 Å². The molecule has 4 unspecified atom stereocenters. The molecule has 0 spiro atoms. The zero-order valence-electron chi connectivity index (χ0n) is 83.9. The first-order valence-electron chi connectivity index (χ1n) is 53.0. The quantitative estimate of drug-likeness (QED) is 0.0160. The van der Waals surface area contributed by atoms with Crippen LogP contribution in [0.1, 0.15) is 347 Å². The number of hydrogen-bond donors (Lipinski definition) is 0. The summed E-state index contributed by atoms with van der Waals surface area (Å²) in [7, 11) is 0. The fourth-order valence-corrected chi connectivity index (χ4v) is 31.6. The molecule has 0 N–H and O–H groups in total. The molecule has 0 fully saturated rings. The van der Waals surface area contributed by atoms with E-state index in [0.29, 0.717) is 94.6 Å². The molecule has 0 saturated carbocycles. The third-order valence-electron chi connectivity index (χ3n) is 30.3.